The van der Waals surface area contributed by atoms with Gasteiger partial charge in [0.2, 0.25) is 0 Å². The summed E-state index contributed by atoms with van der Waals surface area (Å²) in [6.07, 6.45) is 25.0. The molecule has 0 nitrogen and oxygen atoms in total. The first-order valence-corrected chi connectivity index (χ1v) is 33.5. The van der Waals surface area contributed by atoms with Gasteiger partial charge in [-0.3, -0.25) is 0 Å². The number of fused-ring (bicyclic) bond motifs is 4. The first-order valence-electron chi connectivity index (χ1n) is 25.1. The molecule has 2 aliphatic carbocycles. The van der Waals surface area contributed by atoms with Crippen LogP contribution in [0.1, 0.15) is 128 Å². The van der Waals surface area contributed by atoms with Crippen LogP contribution in [0.2, 0.25) is 13.1 Å². The van der Waals surface area contributed by atoms with E-state index in [9.17, 15) is 0 Å². The van der Waals surface area contributed by atoms with Crippen LogP contribution in [0.25, 0.3) is 65.3 Å². The monoisotopic (exact) mass is 1000 g/mol. The van der Waals surface area contributed by atoms with Crippen molar-refractivity contribution in [2.24, 2.45) is 10.8 Å². The summed E-state index contributed by atoms with van der Waals surface area (Å²) >= 11 is -0.826. The minimum absolute atomic E-state index is 0.456. The van der Waals surface area contributed by atoms with Crippen molar-refractivity contribution < 1.29 is 20.8 Å². The molecule has 4 heteroatoms. The number of rotatable bonds is 6. The number of benzene rings is 6. The Morgan fingerprint density at radius 3 is 1.14 bits per heavy atom. The van der Waals surface area contributed by atoms with Gasteiger partial charge in [0.25, 0.3) is 0 Å². The van der Waals surface area contributed by atoms with Crippen molar-refractivity contribution in [2.75, 3.05) is 0 Å². The van der Waals surface area contributed by atoms with Gasteiger partial charge in [0.05, 0.1) is 0 Å². The van der Waals surface area contributed by atoms with Crippen molar-refractivity contribution in [1.82, 2.24) is 0 Å². The quantitative estimate of drug-likeness (QED) is 0.115. The van der Waals surface area contributed by atoms with E-state index in [-0.39, 0.29) is 0 Å². The summed E-state index contributed by atoms with van der Waals surface area (Å²) in [5.74, 6) is 0. The third-order valence-corrected chi connectivity index (χ3v) is 14.6. The molecule has 2 radical (unpaired) electrons. The van der Waals surface area contributed by atoms with Crippen molar-refractivity contribution in [3.8, 4) is 22.3 Å². The number of hydrogen-bond acceptors (Lipinski definition) is 0. The molecule has 0 spiro atoms. The predicted molar refractivity (Wildman–Crippen MR) is 292 cm³/mol. The molecule has 8 aromatic carbocycles. The average Bonchev–Trinajstić information content (AvgIpc) is 3.98. The zero-order valence-corrected chi connectivity index (χ0v) is 45.3. The average molecular weight is 1010 g/mol. The fraction of sp³-hybridized carbons (Fsp3) is 0.387. The van der Waals surface area contributed by atoms with E-state index >= 15 is 0 Å². The van der Waals surface area contributed by atoms with Gasteiger partial charge in [-0.2, -0.15) is 12.1 Å². The normalized spacial score (nSPS) is 16.3. The standard InChI is InChI=1S/2C30H33.C2H6Si.2ClH.Zr/c2*1-30(17-8-4-2-3-5-9-18-30)22-23-19-26-13-10-14-28(29(26)20-23)27-16-15-24-11-6-7-12-25(24)21-27;1-3-2;;;/h2*6-7,10-16,19-21H,2-5,8-9,17-18,22H2,1H3;1-2H3;2*1H;/q2*-1;;;;+4/p-2. The van der Waals surface area contributed by atoms with Gasteiger partial charge < -0.3 is 0 Å². The molecule has 0 saturated heterocycles. The van der Waals surface area contributed by atoms with Crippen molar-refractivity contribution in [1.29, 1.82) is 0 Å². The van der Waals surface area contributed by atoms with Crippen molar-refractivity contribution in [3.05, 3.63) is 157 Å². The van der Waals surface area contributed by atoms with Gasteiger partial charge in [-0.25, -0.2) is 0 Å². The molecule has 0 N–H and O–H groups in total. The van der Waals surface area contributed by atoms with Gasteiger partial charge in [0, 0.05) is 9.52 Å². The fourth-order valence-electron chi connectivity index (χ4n) is 11.2. The van der Waals surface area contributed by atoms with Crippen LogP contribution < -0.4 is 0 Å². The van der Waals surface area contributed by atoms with Crippen molar-refractivity contribution in [2.45, 2.75) is 143 Å². The molecule has 0 amide bonds. The maximum atomic E-state index is 4.93. The molecule has 2 aliphatic rings. The Balaban J connectivity index is 0.000000176. The molecule has 0 aromatic heterocycles. The Labute approximate surface area is 419 Å². The van der Waals surface area contributed by atoms with Gasteiger partial charge >= 0.3 is 37.9 Å². The third-order valence-electron chi connectivity index (χ3n) is 14.6. The van der Waals surface area contributed by atoms with Crippen molar-refractivity contribution >= 4 is 69.6 Å². The summed E-state index contributed by atoms with van der Waals surface area (Å²) in [6, 6.07) is 54.5. The zero-order valence-electron chi connectivity index (χ0n) is 40.3. The van der Waals surface area contributed by atoms with Crippen LogP contribution in [-0.4, -0.2) is 9.52 Å². The molecule has 10 rings (SSSR count). The minimum atomic E-state index is -0.826. The first-order chi connectivity index (χ1) is 32.2. The molecular formula is C62H72Cl2SiZr. The van der Waals surface area contributed by atoms with Crippen LogP contribution >= 0.6 is 17.0 Å². The molecular weight excluding hydrogens is 935 g/mol. The fourth-order valence-corrected chi connectivity index (χ4v) is 11.2. The molecule has 0 atom stereocenters. The Morgan fingerprint density at radius 1 is 0.439 bits per heavy atom. The van der Waals surface area contributed by atoms with Gasteiger partial charge in [0.15, 0.2) is 0 Å². The number of halogens is 2. The molecule has 0 unspecified atom stereocenters. The first kappa shape index (κ1) is 50.6. The van der Waals surface area contributed by atoms with Crippen LogP contribution in [0, 0.1) is 10.8 Å². The maximum absolute atomic E-state index is 4.93. The molecule has 8 aromatic rings. The van der Waals surface area contributed by atoms with E-state index in [0.717, 1.165) is 9.52 Å². The van der Waals surface area contributed by atoms with Crippen molar-refractivity contribution in [3.63, 3.8) is 0 Å². The Kier molecular flexibility index (Phi) is 19.5. The predicted octanol–water partition coefficient (Wildman–Crippen LogP) is 20.3. The van der Waals surface area contributed by atoms with Gasteiger partial charge in [-0.1, -0.05) is 200 Å². The summed E-state index contributed by atoms with van der Waals surface area (Å²) in [5, 5.41) is 10.9. The second kappa shape index (κ2) is 25.4. The third kappa shape index (κ3) is 13.9. The van der Waals surface area contributed by atoms with E-state index in [4.69, 9.17) is 17.0 Å². The Bertz CT molecular complexity index is 2510. The SMILES string of the molecule is CC1(Cc2cc3c(-c4ccc5ccccc5c4)cccc3[cH-]2)CCCCCCCC1.CC1(Cc2cc3c(-c4ccc5ccccc5c4)cccc3[cH-]2)CCCCCCCC1.C[Si]C.[Cl][Zr+2][Cl]. The van der Waals surface area contributed by atoms with E-state index < -0.39 is 20.8 Å². The van der Waals surface area contributed by atoms with Crippen LogP contribution in [0.4, 0.5) is 0 Å². The summed E-state index contributed by atoms with van der Waals surface area (Å²) in [5.41, 5.74) is 9.35. The van der Waals surface area contributed by atoms with E-state index in [2.05, 4.69) is 173 Å². The van der Waals surface area contributed by atoms with E-state index in [1.807, 2.05) is 0 Å². The molecule has 342 valence electrons. The second-order valence-corrected chi connectivity index (χ2v) is 25.0. The Hall–Kier alpha value is -3.26. The summed E-state index contributed by atoms with van der Waals surface area (Å²) in [6.45, 7) is 9.39. The van der Waals surface area contributed by atoms with Crippen LogP contribution in [0.5, 0.6) is 0 Å². The van der Waals surface area contributed by atoms with Gasteiger partial charge in [-0.05, 0) is 94.2 Å². The zero-order chi connectivity index (χ0) is 46.2. The van der Waals surface area contributed by atoms with Crippen LogP contribution in [0.3, 0.4) is 0 Å². The van der Waals surface area contributed by atoms with Gasteiger partial charge in [0.1, 0.15) is 0 Å². The van der Waals surface area contributed by atoms with E-state index in [1.54, 1.807) is 0 Å². The van der Waals surface area contributed by atoms with Crippen LogP contribution in [-0.2, 0) is 33.7 Å². The second-order valence-electron chi connectivity index (χ2n) is 20.3. The molecule has 0 aliphatic heterocycles. The van der Waals surface area contributed by atoms with E-state index in [1.165, 1.54) is 192 Å². The molecule has 2 saturated carbocycles. The Morgan fingerprint density at radius 2 is 0.773 bits per heavy atom. The molecule has 0 heterocycles. The van der Waals surface area contributed by atoms with Crippen LogP contribution in [0.15, 0.2) is 146 Å². The molecule has 0 bridgehead atoms. The topological polar surface area (TPSA) is 0 Å². The van der Waals surface area contributed by atoms with Gasteiger partial charge in [-0.15, -0.1) is 69.1 Å². The molecule has 66 heavy (non-hydrogen) atoms. The summed E-state index contributed by atoms with van der Waals surface area (Å²) < 4.78 is 0. The summed E-state index contributed by atoms with van der Waals surface area (Å²) in [4.78, 5) is 0. The molecule has 2 fully saturated rings. The summed E-state index contributed by atoms with van der Waals surface area (Å²) in [7, 11) is 11.0. The number of hydrogen-bond donors (Lipinski definition) is 0. The van der Waals surface area contributed by atoms with E-state index in [0.29, 0.717) is 10.8 Å².